The second-order valence-electron chi connectivity index (χ2n) is 3.04. The van der Waals surface area contributed by atoms with Crippen LogP contribution in [-0.2, 0) is 0 Å². The first-order valence-electron chi connectivity index (χ1n) is 4.16. The van der Waals surface area contributed by atoms with Gasteiger partial charge >= 0.3 is 0 Å². The maximum absolute atomic E-state index is 5.58. The first-order valence-corrected chi connectivity index (χ1v) is 5.37. The van der Waals surface area contributed by atoms with Crippen molar-refractivity contribution >= 4 is 43.9 Å². The fourth-order valence-corrected chi connectivity index (χ4v) is 2.13. The molecule has 0 aromatic heterocycles. The Labute approximate surface area is 96.0 Å². The van der Waals surface area contributed by atoms with Crippen molar-refractivity contribution in [3.8, 4) is 0 Å². The standard InChI is InChI=1S/C11H8BrNS/c12-10-6-8(11(13)14)5-7-3-1-2-4-9(7)10/h1-6H,(H2,13,14). The monoisotopic (exact) mass is 265 g/mol. The van der Waals surface area contributed by atoms with Crippen molar-refractivity contribution in [1.82, 2.24) is 0 Å². The zero-order chi connectivity index (χ0) is 10.1. The summed E-state index contributed by atoms with van der Waals surface area (Å²) < 4.78 is 1.03. The van der Waals surface area contributed by atoms with Gasteiger partial charge in [-0.15, -0.1) is 0 Å². The number of benzene rings is 2. The summed E-state index contributed by atoms with van der Waals surface area (Å²) in [7, 11) is 0. The third-order valence-electron chi connectivity index (χ3n) is 2.10. The van der Waals surface area contributed by atoms with Gasteiger partial charge < -0.3 is 5.73 Å². The van der Waals surface area contributed by atoms with E-state index < -0.39 is 0 Å². The molecule has 0 spiro atoms. The van der Waals surface area contributed by atoms with Gasteiger partial charge in [0.25, 0.3) is 0 Å². The van der Waals surface area contributed by atoms with Crippen molar-refractivity contribution in [2.75, 3.05) is 0 Å². The van der Waals surface area contributed by atoms with E-state index in [-0.39, 0.29) is 0 Å². The quantitative estimate of drug-likeness (QED) is 0.802. The molecule has 0 fully saturated rings. The normalized spacial score (nSPS) is 10.4. The van der Waals surface area contributed by atoms with E-state index in [1.54, 1.807) is 0 Å². The van der Waals surface area contributed by atoms with Crippen LogP contribution < -0.4 is 5.73 Å². The molecule has 1 nitrogen and oxygen atoms in total. The number of thiocarbonyl (C=S) groups is 1. The van der Waals surface area contributed by atoms with E-state index in [9.17, 15) is 0 Å². The van der Waals surface area contributed by atoms with Crippen LogP contribution in [0.4, 0.5) is 0 Å². The Morgan fingerprint density at radius 2 is 1.93 bits per heavy atom. The Morgan fingerprint density at radius 1 is 1.21 bits per heavy atom. The van der Waals surface area contributed by atoms with E-state index >= 15 is 0 Å². The molecule has 0 atom stereocenters. The highest BCUT2D eigenvalue weighted by Crippen LogP contribution is 2.25. The number of nitrogens with two attached hydrogens (primary N) is 1. The van der Waals surface area contributed by atoms with Gasteiger partial charge in [0.05, 0.1) is 0 Å². The molecule has 0 saturated carbocycles. The van der Waals surface area contributed by atoms with Crippen LogP contribution >= 0.6 is 28.1 Å². The first-order chi connectivity index (χ1) is 6.68. The van der Waals surface area contributed by atoms with Crippen LogP contribution in [0.1, 0.15) is 5.56 Å². The van der Waals surface area contributed by atoms with Gasteiger partial charge in [-0.25, -0.2) is 0 Å². The lowest BCUT2D eigenvalue weighted by atomic mass is 10.1. The lowest BCUT2D eigenvalue weighted by molar-refractivity contribution is 1.64. The molecule has 14 heavy (non-hydrogen) atoms. The molecule has 0 unspecified atom stereocenters. The Bertz CT molecular complexity index is 508. The zero-order valence-electron chi connectivity index (χ0n) is 7.33. The van der Waals surface area contributed by atoms with Gasteiger partial charge in [0.2, 0.25) is 0 Å². The predicted molar refractivity (Wildman–Crippen MR) is 67.5 cm³/mol. The second-order valence-corrected chi connectivity index (χ2v) is 4.34. The summed E-state index contributed by atoms with van der Waals surface area (Å²) in [6.07, 6.45) is 0. The second kappa shape index (κ2) is 3.67. The molecule has 2 rings (SSSR count). The number of hydrogen-bond acceptors (Lipinski definition) is 1. The van der Waals surface area contributed by atoms with Crippen molar-refractivity contribution in [3.63, 3.8) is 0 Å². The molecule has 2 N–H and O–H groups in total. The highest BCUT2D eigenvalue weighted by atomic mass is 79.9. The minimum atomic E-state index is 0.427. The van der Waals surface area contributed by atoms with Crippen molar-refractivity contribution < 1.29 is 0 Å². The van der Waals surface area contributed by atoms with Crippen molar-refractivity contribution in [1.29, 1.82) is 0 Å². The van der Waals surface area contributed by atoms with Crippen LogP contribution in [-0.4, -0.2) is 4.99 Å². The van der Waals surface area contributed by atoms with Gasteiger partial charge in [-0.05, 0) is 22.9 Å². The lowest BCUT2D eigenvalue weighted by Crippen LogP contribution is -2.09. The molecule has 0 radical (unpaired) electrons. The highest BCUT2D eigenvalue weighted by molar-refractivity contribution is 9.10. The predicted octanol–water partition coefficient (Wildman–Crippen LogP) is 3.24. The van der Waals surface area contributed by atoms with Crippen molar-refractivity contribution in [2.45, 2.75) is 0 Å². The summed E-state index contributed by atoms with van der Waals surface area (Å²) in [5, 5.41) is 2.32. The van der Waals surface area contributed by atoms with Gasteiger partial charge in [-0.2, -0.15) is 0 Å². The fraction of sp³-hybridized carbons (Fsp3) is 0. The van der Waals surface area contributed by atoms with E-state index in [2.05, 4.69) is 22.0 Å². The Balaban J connectivity index is 2.78. The molecule has 0 aliphatic heterocycles. The molecule has 0 heterocycles. The largest absolute Gasteiger partial charge is 0.389 e. The zero-order valence-corrected chi connectivity index (χ0v) is 9.73. The lowest BCUT2D eigenvalue weighted by Gasteiger charge is -2.04. The average Bonchev–Trinajstić information content (AvgIpc) is 2.17. The molecule has 0 aliphatic carbocycles. The Morgan fingerprint density at radius 3 is 2.64 bits per heavy atom. The first kappa shape index (κ1) is 9.62. The molecule has 0 amide bonds. The van der Waals surface area contributed by atoms with Crippen molar-refractivity contribution in [3.05, 3.63) is 46.4 Å². The third kappa shape index (κ3) is 1.65. The molecule has 70 valence electrons. The minimum Gasteiger partial charge on any atom is -0.389 e. The number of hydrogen-bond donors (Lipinski definition) is 1. The van der Waals surface area contributed by atoms with Crippen LogP contribution in [0.15, 0.2) is 40.9 Å². The fourth-order valence-electron chi connectivity index (χ4n) is 1.41. The number of fused-ring (bicyclic) bond motifs is 1. The highest BCUT2D eigenvalue weighted by Gasteiger charge is 2.02. The van der Waals surface area contributed by atoms with Gasteiger partial charge in [0.1, 0.15) is 4.99 Å². The van der Waals surface area contributed by atoms with Crippen molar-refractivity contribution in [2.24, 2.45) is 5.73 Å². The summed E-state index contributed by atoms with van der Waals surface area (Å²) in [6.45, 7) is 0. The maximum Gasteiger partial charge on any atom is 0.104 e. The smallest absolute Gasteiger partial charge is 0.104 e. The van der Waals surface area contributed by atoms with E-state index in [1.807, 2.05) is 30.3 Å². The van der Waals surface area contributed by atoms with Crippen LogP contribution in [0.25, 0.3) is 10.8 Å². The summed E-state index contributed by atoms with van der Waals surface area (Å²) in [5.41, 5.74) is 6.48. The molecule has 2 aromatic carbocycles. The molecule has 0 aliphatic rings. The van der Waals surface area contributed by atoms with Crippen LogP contribution in [0.3, 0.4) is 0 Å². The molecular weight excluding hydrogens is 258 g/mol. The maximum atomic E-state index is 5.58. The third-order valence-corrected chi connectivity index (χ3v) is 2.99. The summed E-state index contributed by atoms with van der Waals surface area (Å²) in [5.74, 6) is 0. The van der Waals surface area contributed by atoms with E-state index in [1.165, 1.54) is 5.39 Å². The van der Waals surface area contributed by atoms with Gasteiger partial charge in [0.15, 0.2) is 0 Å². The summed E-state index contributed by atoms with van der Waals surface area (Å²) in [6, 6.07) is 12.1. The summed E-state index contributed by atoms with van der Waals surface area (Å²) >= 11 is 8.44. The van der Waals surface area contributed by atoms with Gasteiger partial charge in [-0.1, -0.05) is 52.4 Å². The van der Waals surface area contributed by atoms with E-state index in [0.717, 1.165) is 15.4 Å². The molecular formula is C11H8BrNS. The molecule has 2 aromatic rings. The number of halogens is 1. The van der Waals surface area contributed by atoms with E-state index in [4.69, 9.17) is 18.0 Å². The SMILES string of the molecule is NC(=S)c1cc(Br)c2ccccc2c1. The Kier molecular flexibility index (Phi) is 2.52. The summed E-state index contributed by atoms with van der Waals surface area (Å²) in [4.78, 5) is 0.427. The molecule has 3 heteroatoms. The van der Waals surface area contributed by atoms with Crippen LogP contribution in [0.5, 0.6) is 0 Å². The van der Waals surface area contributed by atoms with E-state index in [0.29, 0.717) is 4.99 Å². The van der Waals surface area contributed by atoms with Crippen LogP contribution in [0, 0.1) is 0 Å². The number of rotatable bonds is 1. The average molecular weight is 266 g/mol. The Hall–Kier alpha value is -0.930. The topological polar surface area (TPSA) is 26.0 Å². The molecule has 0 saturated heterocycles. The van der Waals surface area contributed by atoms with Crippen LogP contribution in [0.2, 0.25) is 0 Å². The van der Waals surface area contributed by atoms with Gasteiger partial charge in [0, 0.05) is 10.0 Å². The molecule has 0 bridgehead atoms. The van der Waals surface area contributed by atoms with Gasteiger partial charge in [-0.3, -0.25) is 0 Å². The minimum absolute atomic E-state index is 0.427.